The van der Waals surface area contributed by atoms with Gasteiger partial charge in [0.1, 0.15) is 5.15 Å². The van der Waals surface area contributed by atoms with E-state index in [1.807, 2.05) is 23.7 Å². The number of halogens is 1. The average molecular weight is 432 g/mol. The van der Waals surface area contributed by atoms with Crippen LogP contribution in [0.4, 0.5) is 0 Å². The molecule has 0 atom stereocenters. The van der Waals surface area contributed by atoms with Gasteiger partial charge < -0.3 is 0 Å². The monoisotopic (exact) mass is 431 g/mol. The maximum Gasteiger partial charge on any atom is 0.296 e. The van der Waals surface area contributed by atoms with Crippen molar-refractivity contribution in [3.05, 3.63) is 52.8 Å². The summed E-state index contributed by atoms with van der Waals surface area (Å²) in [5, 5.41) is 6.39. The molecule has 0 bridgehead atoms. The molecule has 2 fully saturated rings. The van der Waals surface area contributed by atoms with Crippen molar-refractivity contribution in [1.29, 1.82) is 0 Å². The Bertz CT molecular complexity index is 1160. The summed E-state index contributed by atoms with van der Waals surface area (Å²) in [5.41, 5.74) is 2.96. The van der Waals surface area contributed by atoms with Gasteiger partial charge in [-0.2, -0.15) is 13.5 Å². The van der Waals surface area contributed by atoms with Gasteiger partial charge in [-0.3, -0.25) is 4.18 Å². The molecular weight excluding hydrogens is 410 g/mol. The smallest absolute Gasteiger partial charge is 0.266 e. The number of rotatable bonds is 6. The van der Waals surface area contributed by atoms with Crippen molar-refractivity contribution in [1.82, 2.24) is 14.8 Å². The first-order chi connectivity index (χ1) is 13.9. The lowest BCUT2D eigenvalue weighted by molar-refractivity contribution is 0.123. The zero-order valence-electron chi connectivity index (χ0n) is 16.1. The van der Waals surface area contributed by atoms with E-state index in [-0.39, 0.29) is 23.5 Å². The molecular formula is C21H22ClN3O3S. The van der Waals surface area contributed by atoms with Gasteiger partial charge >= 0.3 is 0 Å². The highest BCUT2D eigenvalue weighted by atomic mass is 35.5. The summed E-state index contributed by atoms with van der Waals surface area (Å²) in [6.07, 6.45) is 3.98. The second-order valence-electron chi connectivity index (χ2n) is 8.15. The lowest BCUT2D eigenvalue weighted by Gasteiger charge is -2.35. The Kier molecular flexibility index (Phi) is 4.64. The predicted molar refractivity (Wildman–Crippen MR) is 111 cm³/mol. The summed E-state index contributed by atoms with van der Waals surface area (Å²) in [6.45, 7) is 2.11. The van der Waals surface area contributed by atoms with Crippen LogP contribution in [0.15, 0.2) is 41.3 Å². The fourth-order valence-electron chi connectivity index (χ4n) is 3.93. The molecule has 0 spiro atoms. The highest BCUT2D eigenvalue weighted by Gasteiger charge is 2.36. The third kappa shape index (κ3) is 3.67. The molecule has 6 nitrogen and oxygen atoms in total. The number of aromatic nitrogens is 3. The first-order valence-corrected chi connectivity index (χ1v) is 11.7. The molecule has 0 unspecified atom stereocenters. The quantitative estimate of drug-likeness (QED) is 0.420. The number of hydrogen-bond donors (Lipinski definition) is 0. The zero-order chi connectivity index (χ0) is 20.2. The molecule has 2 aromatic heterocycles. The molecule has 5 rings (SSSR count). The average Bonchev–Trinajstić information content (AvgIpc) is 3.43. The van der Waals surface area contributed by atoms with E-state index >= 15 is 0 Å². The van der Waals surface area contributed by atoms with Gasteiger partial charge in [0.05, 0.1) is 23.2 Å². The maximum atomic E-state index is 12.4. The summed E-state index contributed by atoms with van der Waals surface area (Å²) in [5.74, 6) is 0.712. The van der Waals surface area contributed by atoms with Crippen LogP contribution in [-0.4, -0.2) is 29.8 Å². The summed E-state index contributed by atoms with van der Waals surface area (Å²) >= 11 is 6.12. The summed E-state index contributed by atoms with van der Waals surface area (Å²) in [7, 11) is -3.72. The highest BCUT2D eigenvalue weighted by Crippen LogP contribution is 2.45. The molecule has 1 aromatic carbocycles. The SMILES string of the molecule is Cc1ccc(S(=O)(=O)OCC2CC(n3nc(C4CC4)c4ccc(Cl)nc43)C2)cc1. The van der Waals surface area contributed by atoms with Crippen LogP contribution in [0, 0.1) is 12.8 Å². The van der Waals surface area contributed by atoms with E-state index in [0.717, 1.165) is 35.1 Å². The van der Waals surface area contributed by atoms with E-state index in [4.69, 9.17) is 20.9 Å². The summed E-state index contributed by atoms with van der Waals surface area (Å²) in [6, 6.07) is 10.7. The third-order valence-electron chi connectivity index (χ3n) is 5.84. The van der Waals surface area contributed by atoms with Gasteiger partial charge in [0, 0.05) is 11.3 Å². The molecule has 0 amide bonds. The Balaban J connectivity index is 1.27. The summed E-state index contributed by atoms with van der Waals surface area (Å²) in [4.78, 5) is 4.70. The lowest BCUT2D eigenvalue weighted by Crippen LogP contribution is -2.31. The molecule has 2 aliphatic carbocycles. The molecule has 2 heterocycles. The number of fused-ring (bicyclic) bond motifs is 1. The van der Waals surface area contributed by atoms with Crippen molar-refractivity contribution in [3.8, 4) is 0 Å². The van der Waals surface area contributed by atoms with Crippen LogP contribution < -0.4 is 0 Å². The minimum absolute atomic E-state index is 0.183. The van der Waals surface area contributed by atoms with Gasteiger partial charge in [-0.1, -0.05) is 29.3 Å². The normalized spacial score (nSPS) is 22.0. The van der Waals surface area contributed by atoms with Crippen molar-refractivity contribution in [2.45, 2.75) is 49.5 Å². The predicted octanol–water partition coefficient (Wildman–Crippen LogP) is 4.63. The van der Waals surface area contributed by atoms with Crippen molar-refractivity contribution >= 4 is 32.8 Å². The zero-order valence-corrected chi connectivity index (χ0v) is 17.7. The fraction of sp³-hybridized carbons (Fsp3) is 0.429. The molecule has 0 N–H and O–H groups in total. The molecule has 8 heteroatoms. The van der Waals surface area contributed by atoms with Crippen LogP contribution in [0.5, 0.6) is 0 Å². The molecule has 2 saturated carbocycles. The Hall–Kier alpha value is -1.96. The molecule has 0 saturated heterocycles. The number of pyridine rings is 1. The molecule has 0 radical (unpaired) electrons. The van der Waals surface area contributed by atoms with Crippen molar-refractivity contribution in [3.63, 3.8) is 0 Å². The Labute approximate surface area is 175 Å². The first kappa shape index (κ1) is 19.0. The van der Waals surface area contributed by atoms with E-state index < -0.39 is 10.1 Å². The topological polar surface area (TPSA) is 74.1 Å². The van der Waals surface area contributed by atoms with E-state index in [2.05, 4.69) is 4.98 Å². The standard InChI is InChI=1S/C21H22ClN3O3S/c1-13-2-6-17(7-3-13)29(26,27)28-12-14-10-16(11-14)25-21-18(8-9-19(22)23-21)20(24-25)15-4-5-15/h2-3,6-9,14-16H,4-5,10-12H2,1H3. The van der Waals surface area contributed by atoms with Crippen LogP contribution in [0.25, 0.3) is 11.0 Å². The van der Waals surface area contributed by atoms with Crippen LogP contribution in [0.3, 0.4) is 0 Å². The Morgan fingerprint density at radius 2 is 1.86 bits per heavy atom. The molecule has 152 valence electrons. The van der Waals surface area contributed by atoms with Crippen LogP contribution in [-0.2, 0) is 14.3 Å². The minimum atomic E-state index is -3.72. The number of nitrogens with zero attached hydrogens (tertiary/aromatic N) is 3. The minimum Gasteiger partial charge on any atom is -0.266 e. The van der Waals surface area contributed by atoms with E-state index in [0.29, 0.717) is 11.1 Å². The van der Waals surface area contributed by atoms with Crippen LogP contribution in [0.1, 0.15) is 48.9 Å². The van der Waals surface area contributed by atoms with Crippen LogP contribution in [0.2, 0.25) is 5.15 Å². The van der Waals surface area contributed by atoms with Crippen molar-refractivity contribution in [2.75, 3.05) is 6.61 Å². The number of hydrogen-bond acceptors (Lipinski definition) is 5. The molecule has 0 aliphatic heterocycles. The third-order valence-corrected chi connectivity index (χ3v) is 7.35. The highest BCUT2D eigenvalue weighted by molar-refractivity contribution is 7.86. The first-order valence-electron chi connectivity index (χ1n) is 9.91. The van der Waals surface area contributed by atoms with Crippen molar-refractivity contribution in [2.24, 2.45) is 5.92 Å². The lowest BCUT2D eigenvalue weighted by atomic mass is 9.81. The van der Waals surface area contributed by atoms with E-state index in [9.17, 15) is 8.42 Å². The molecule has 2 aliphatic rings. The Morgan fingerprint density at radius 1 is 1.14 bits per heavy atom. The van der Waals surface area contributed by atoms with E-state index in [1.54, 1.807) is 24.3 Å². The van der Waals surface area contributed by atoms with Gasteiger partial charge in [-0.15, -0.1) is 0 Å². The van der Waals surface area contributed by atoms with Crippen molar-refractivity contribution < 1.29 is 12.6 Å². The van der Waals surface area contributed by atoms with Gasteiger partial charge in [0.2, 0.25) is 0 Å². The summed E-state index contributed by atoms with van der Waals surface area (Å²) < 4.78 is 32.0. The van der Waals surface area contributed by atoms with Crippen LogP contribution >= 0.6 is 11.6 Å². The number of aryl methyl sites for hydroxylation is 1. The van der Waals surface area contributed by atoms with E-state index in [1.165, 1.54) is 12.8 Å². The molecule has 3 aromatic rings. The van der Waals surface area contributed by atoms with Gasteiger partial charge in [-0.05, 0) is 62.8 Å². The van der Waals surface area contributed by atoms with Gasteiger partial charge in [-0.25, -0.2) is 9.67 Å². The molecule has 29 heavy (non-hydrogen) atoms. The van der Waals surface area contributed by atoms with Gasteiger partial charge in [0.15, 0.2) is 5.65 Å². The largest absolute Gasteiger partial charge is 0.296 e. The fourth-order valence-corrected chi connectivity index (χ4v) is 5.05. The second kappa shape index (κ2) is 7.07. The maximum absolute atomic E-state index is 12.4. The number of benzene rings is 1. The second-order valence-corrected chi connectivity index (χ2v) is 10.2. The van der Waals surface area contributed by atoms with Gasteiger partial charge in [0.25, 0.3) is 10.1 Å². The Morgan fingerprint density at radius 3 is 2.55 bits per heavy atom.